The molecule has 21 heavy (non-hydrogen) atoms. The van der Waals surface area contributed by atoms with Gasteiger partial charge in [-0.05, 0) is 60.1 Å². The summed E-state index contributed by atoms with van der Waals surface area (Å²) >= 11 is 2.31. The van der Waals surface area contributed by atoms with Crippen molar-refractivity contribution in [3.8, 4) is 11.5 Å². The van der Waals surface area contributed by atoms with Crippen LogP contribution in [0.2, 0.25) is 13.1 Å². The van der Waals surface area contributed by atoms with Gasteiger partial charge < -0.3 is 4.74 Å². The molecule has 1 aromatic heterocycles. The molecule has 0 saturated carbocycles. The molecular weight excluding hydrogens is 391 g/mol. The van der Waals surface area contributed by atoms with Crippen molar-refractivity contribution < 1.29 is 4.74 Å². The Morgan fingerprint density at radius 1 is 1.38 bits per heavy atom. The lowest BCUT2D eigenvalue weighted by Gasteiger charge is -2.23. The highest BCUT2D eigenvalue weighted by atomic mass is 127. The van der Waals surface area contributed by atoms with Gasteiger partial charge in [-0.2, -0.15) is 5.10 Å². The number of halogens is 1. The number of hydrogen-bond donors (Lipinski definition) is 0. The molecule has 110 valence electrons. The number of aromatic nitrogens is 2. The second kappa shape index (κ2) is 6.51. The van der Waals surface area contributed by atoms with E-state index in [2.05, 4.69) is 70.4 Å². The quantitative estimate of drug-likeness (QED) is 0.407. The van der Waals surface area contributed by atoms with Gasteiger partial charge in [0.2, 0.25) is 0 Å². The Kier molecular flexibility index (Phi) is 4.67. The third-order valence-corrected chi connectivity index (χ3v) is 5.11. The zero-order valence-corrected chi connectivity index (χ0v) is 15.7. The Hall–Kier alpha value is -0.843. The summed E-state index contributed by atoms with van der Waals surface area (Å²) in [5.74, 6) is 3.29. The summed E-state index contributed by atoms with van der Waals surface area (Å²) in [6.45, 7) is 5.33. The van der Waals surface area contributed by atoms with E-state index in [9.17, 15) is 0 Å². The molecule has 1 fully saturated rings. The van der Waals surface area contributed by atoms with Gasteiger partial charge in [-0.1, -0.05) is 19.0 Å². The highest BCUT2D eigenvalue weighted by molar-refractivity contribution is 14.1. The van der Waals surface area contributed by atoms with Gasteiger partial charge in [0.15, 0.2) is 6.23 Å². The first-order chi connectivity index (χ1) is 10.1. The van der Waals surface area contributed by atoms with Crippen LogP contribution in [0.3, 0.4) is 0 Å². The van der Waals surface area contributed by atoms with Gasteiger partial charge in [-0.3, -0.25) is 0 Å². The smallest absolute Gasteiger partial charge is 0.150 e. The lowest BCUT2D eigenvalue weighted by atomic mass is 10.1. The Morgan fingerprint density at radius 2 is 2.24 bits per heavy atom. The molecule has 0 aliphatic carbocycles. The molecule has 1 aliphatic heterocycles. The first-order valence-corrected chi connectivity index (χ1v) is 11.4. The molecule has 3 nitrogen and oxygen atoms in total. The third-order valence-electron chi connectivity index (χ3n) is 3.59. The van der Waals surface area contributed by atoms with E-state index < -0.39 is 8.80 Å². The molecular formula is C16H19IN2OSi. The minimum absolute atomic E-state index is 0.0878. The van der Waals surface area contributed by atoms with E-state index in [0.29, 0.717) is 0 Å². The van der Waals surface area contributed by atoms with Gasteiger partial charge in [-0.25, -0.2) is 4.68 Å². The normalized spacial score (nSPS) is 18.8. The van der Waals surface area contributed by atoms with E-state index in [4.69, 9.17) is 4.74 Å². The van der Waals surface area contributed by atoms with E-state index >= 15 is 0 Å². The lowest BCUT2D eigenvalue weighted by Crippen LogP contribution is -2.19. The largest absolute Gasteiger partial charge is 0.356 e. The van der Waals surface area contributed by atoms with Crippen LogP contribution < -0.4 is 0 Å². The first kappa shape index (κ1) is 15.1. The molecule has 0 N–H and O–H groups in total. The molecule has 0 amide bonds. The number of hydrogen-bond acceptors (Lipinski definition) is 2. The third kappa shape index (κ3) is 3.33. The van der Waals surface area contributed by atoms with Crippen LogP contribution >= 0.6 is 22.6 Å². The highest BCUT2D eigenvalue weighted by Gasteiger charge is 2.20. The van der Waals surface area contributed by atoms with E-state index in [0.717, 1.165) is 34.2 Å². The summed E-state index contributed by atoms with van der Waals surface area (Å²) in [6, 6.07) is 6.39. The Bertz CT molecular complexity index is 708. The van der Waals surface area contributed by atoms with Crippen molar-refractivity contribution >= 4 is 42.3 Å². The van der Waals surface area contributed by atoms with Gasteiger partial charge in [0, 0.05) is 17.6 Å². The van der Waals surface area contributed by atoms with Crippen LogP contribution in [0.5, 0.6) is 0 Å². The van der Waals surface area contributed by atoms with Gasteiger partial charge >= 0.3 is 0 Å². The molecule has 1 unspecified atom stereocenters. The maximum Gasteiger partial charge on any atom is 0.150 e. The van der Waals surface area contributed by atoms with Crippen LogP contribution in [0.25, 0.3) is 10.9 Å². The fourth-order valence-electron chi connectivity index (χ4n) is 2.54. The first-order valence-electron chi connectivity index (χ1n) is 7.46. The molecule has 1 aliphatic rings. The fraction of sp³-hybridized carbons (Fsp3) is 0.438. The van der Waals surface area contributed by atoms with Crippen LogP contribution in [0.4, 0.5) is 0 Å². The number of fused-ring (bicyclic) bond motifs is 1. The molecule has 2 aromatic rings. The molecule has 0 spiro atoms. The Labute approximate surface area is 140 Å². The van der Waals surface area contributed by atoms with Crippen LogP contribution in [-0.2, 0) is 4.74 Å². The van der Waals surface area contributed by atoms with E-state index in [1.807, 2.05) is 4.68 Å². The summed E-state index contributed by atoms with van der Waals surface area (Å²) in [6.07, 6.45) is 3.51. The van der Waals surface area contributed by atoms with Gasteiger partial charge in [0.25, 0.3) is 0 Å². The summed E-state index contributed by atoms with van der Waals surface area (Å²) in [4.78, 5) is 0. The lowest BCUT2D eigenvalue weighted by molar-refractivity contribution is -0.0368. The molecule has 2 heterocycles. The summed E-state index contributed by atoms with van der Waals surface area (Å²) in [7, 11) is -0.837. The zero-order chi connectivity index (χ0) is 14.8. The van der Waals surface area contributed by atoms with Crippen molar-refractivity contribution in [3.05, 3.63) is 27.5 Å². The van der Waals surface area contributed by atoms with Gasteiger partial charge in [0.1, 0.15) is 12.5 Å². The van der Waals surface area contributed by atoms with E-state index in [1.165, 1.54) is 11.8 Å². The second-order valence-corrected chi connectivity index (χ2v) is 9.33. The van der Waals surface area contributed by atoms with E-state index in [-0.39, 0.29) is 6.23 Å². The van der Waals surface area contributed by atoms with Crippen molar-refractivity contribution in [2.45, 2.75) is 38.6 Å². The van der Waals surface area contributed by atoms with Gasteiger partial charge in [0.05, 0.1) is 5.52 Å². The highest BCUT2D eigenvalue weighted by Crippen LogP contribution is 2.29. The van der Waals surface area contributed by atoms with Crippen molar-refractivity contribution in [3.63, 3.8) is 0 Å². The minimum Gasteiger partial charge on any atom is -0.356 e. The summed E-state index contributed by atoms with van der Waals surface area (Å²) in [5, 5.41) is 5.87. The van der Waals surface area contributed by atoms with E-state index in [1.54, 1.807) is 0 Å². The molecule has 5 heteroatoms. The van der Waals surface area contributed by atoms with Crippen LogP contribution in [0.1, 0.15) is 31.1 Å². The van der Waals surface area contributed by atoms with Crippen molar-refractivity contribution in [2.75, 3.05) is 6.61 Å². The number of benzene rings is 1. The number of nitrogens with zero attached hydrogens (tertiary/aromatic N) is 2. The average Bonchev–Trinajstić information content (AvgIpc) is 2.83. The van der Waals surface area contributed by atoms with Crippen molar-refractivity contribution in [1.29, 1.82) is 0 Å². The number of ether oxygens (including phenoxy) is 1. The monoisotopic (exact) mass is 410 g/mol. The predicted molar refractivity (Wildman–Crippen MR) is 97.0 cm³/mol. The average molecular weight is 410 g/mol. The number of rotatable bonds is 1. The topological polar surface area (TPSA) is 27.1 Å². The van der Waals surface area contributed by atoms with Crippen LogP contribution in [-0.4, -0.2) is 25.2 Å². The maximum atomic E-state index is 5.87. The Balaban J connectivity index is 2.00. The Morgan fingerprint density at radius 3 is 2.95 bits per heavy atom. The predicted octanol–water partition coefficient (Wildman–Crippen LogP) is 3.72. The van der Waals surface area contributed by atoms with Crippen LogP contribution in [0, 0.1) is 15.2 Å². The fourth-order valence-corrected chi connectivity index (χ4v) is 3.66. The molecule has 0 bridgehead atoms. The SMILES string of the molecule is C[SiH](C)C#Cc1ccc2c(c1)c(I)nn2C1CCCCO1. The molecule has 1 atom stereocenters. The molecule has 3 rings (SSSR count). The minimum atomic E-state index is -0.837. The molecule has 0 radical (unpaired) electrons. The molecule has 1 saturated heterocycles. The van der Waals surface area contributed by atoms with Gasteiger partial charge in [-0.15, -0.1) is 5.54 Å². The summed E-state index contributed by atoms with van der Waals surface area (Å²) in [5.41, 5.74) is 5.59. The molecule has 1 aromatic carbocycles. The zero-order valence-electron chi connectivity index (χ0n) is 12.4. The standard InChI is InChI=1S/C16H19IN2OSi/c1-21(2)10-8-12-6-7-14-13(11-12)16(17)18-19(14)15-5-3-4-9-20-15/h6-7,11,15,21H,3-5,9H2,1-2H3. The maximum absolute atomic E-state index is 5.87. The van der Waals surface area contributed by atoms with Crippen molar-refractivity contribution in [1.82, 2.24) is 9.78 Å². The van der Waals surface area contributed by atoms with Crippen LogP contribution in [0.15, 0.2) is 18.2 Å². The van der Waals surface area contributed by atoms with Crippen molar-refractivity contribution in [2.24, 2.45) is 0 Å². The second-order valence-electron chi connectivity index (χ2n) is 5.71. The summed E-state index contributed by atoms with van der Waals surface area (Å²) < 4.78 is 8.95.